The zero-order valence-electron chi connectivity index (χ0n) is 17.1. The van der Waals surface area contributed by atoms with Crippen LogP contribution < -0.4 is 16.2 Å². The topological polar surface area (TPSA) is 137 Å². The van der Waals surface area contributed by atoms with Crippen LogP contribution in [0.2, 0.25) is 0 Å². The van der Waals surface area contributed by atoms with Gasteiger partial charge in [-0.3, -0.25) is 0 Å². The molecule has 0 fully saturated rings. The molecular weight excluding hydrogens is 504 g/mol. The van der Waals surface area contributed by atoms with Crippen molar-refractivity contribution in [2.75, 3.05) is 11.5 Å². The van der Waals surface area contributed by atoms with Gasteiger partial charge in [0.1, 0.15) is 11.8 Å². The Hall–Kier alpha value is -4.14. The van der Waals surface area contributed by atoms with Crippen molar-refractivity contribution in [3.05, 3.63) is 54.4 Å². The first-order valence-electron chi connectivity index (χ1n) is 9.17. The van der Waals surface area contributed by atoms with E-state index in [1.165, 1.54) is 35.9 Å². The SMILES string of the molecule is Nc1cc(Oc2cc(-c3ccc(C(F)(F)F)cc3)ncn2)c2nc(N)sc2c1.O=C(O)C(F)(F)F. The highest BCUT2D eigenvalue weighted by atomic mass is 32.1. The van der Waals surface area contributed by atoms with Gasteiger partial charge in [0.05, 0.1) is 16.0 Å². The zero-order chi connectivity index (χ0) is 26.0. The van der Waals surface area contributed by atoms with Crippen molar-refractivity contribution >= 4 is 38.3 Å². The molecule has 0 saturated carbocycles. The third-order valence-electron chi connectivity index (χ3n) is 4.11. The van der Waals surface area contributed by atoms with Crippen molar-refractivity contribution in [3.63, 3.8) is 0 Å². The Kier molecular flexibility index (Phi) is 7.00. The minimum Gasteiger partial charge on any atom is -0.475 e. The maximum atomic E-state index is 12.7. The van der Waals surface area contributed by atoms with E-state index in [-0.39, 0.29) is 5.88 Å². The first-order chi connectivity index (χ1) is 16.2. The van der Waals surface area contributed by atoms with E-state index in [2.05, 4.69) is 15.0 Å². The van der Waals surface area contributed by atoms with Crippen LogP contribution in [0, 0.1) is 0 Å². The van der Waals surface area contributed by atoms with Crippen LogP contribution in [0.25, 0.3) is 21.5 Å². The Balaban J connectivity index is 0.000000429. The van der Waals surface area contributed by atoms with Crippen LogP contribution in [-0.2, 0) is 11.0 Å². The van der Waals surface area contributed by atoms with Crippen LogP contribution >= 0.6 is 11.3 Å². The number of aliphatic carboxylic acids is 1. The van der Waals surface area contributed by atoms with E-state index >= 15 is 0 Å². The minimum absolute atomic E-state index is 0.198. The van der Waals surface area contributed by atoms with Gasteiger partial charge in [0.15, 0.2) is 10.9 Å². The van der Waals surface area contributed by atoms with Crippen LogP contribution in [0.3, 0.4) is 0 Å². The number of anilines is 2. The quantitative estimate of drug-likeness (QED) is 0.244. The highest BCUT2D eigenvalue weighted by Gasteiger charge is 2.38. The number of nitrogen functional groups attached to an aromatic ring is 2. The number of ether oxygens (including phenoxy) is 1. The summed E-state index contributed by atoms with van der Waals surface area (Å²) in [4.78, 5) is 21.3. The van der Waals surface area contributed by atoms with Gasteiger partial charge in [-0.25, -0.2) is 19.7 Å². The maximum Gasteiger partial charge on any atom is 0.490 e. The number of carboxylic acids is 1. The Morgan fingerprint density at radius 1 is 0.971 bits per heavy atom. The van der Waals surface area contributed by atoms with Crippen molar-refractivity contribution in [3.8, 4) is 22.9 Å². The molecule has 0 aliphatic carbocycles. The molecule has 5 N–H and O–H groups in total. The Labute approximate surface area is 195 Å². The second-order valence-corrected chi connectivity index (χ2v) is 7.70. The highest BCUT2D eigenvalue weighted by Crippen LogP contribution is 2.36. The van der Waals surface area contributed by atoms with E-state index in [0.29, 0.717) is 33.3 Å². The lowest BCUT2D eigenvalue weighted by molar-refractivity contribution is -0.192. The lowest BCUT2D eigenvalue weighted by Crippen LogP contribution is -2.21. The summed E-state index contributed by atoms with van der Waals surface area (Å²) < 4.78 is 76.5. The van der Waals surface area contributed by atoms with Gasteiger partial charge < -0.3 is 21.3 Å². The van der Waals surface area contributed by atoms with Crippen LogP contribution in [0.4, 0.5) is 37.2 Å². The molecule has 0 aliphatic rings. The molecule has 184 valence electrons. The van der Waals surface area contributed by atoms with Crippen LogP contribution in [0.1, 0.15) is 5.56 Å². The third-order valence-corrected chi connectivity index (χ3v) is 4.94. The number of benzene rings is 2. The molecular formula is C20H13F6N5O3S. The van der Waals surface area contributed by atoms with Gasteiger partial charge in [0.25, 0.3) is 0 Å². The van der Waals surface area contributed by atoms with E-state index in [4.69, 9.17) is 26.1 Å². The van der Waals surface area contributed by atoms with Gasteiger partial charge >= 0.3 is 18.3 Å². The molecule has 2 aromatic carbocycles. The first kappa shape index (κ1) is 25.5. The lowest BCUT2D eigenvalue weighted by Gasteiger charge is -2.09. The van der Waals surface area contributed by atoms with E-state index in [1.54, 1.807) is 12.1 Å². The standard InChI is InChI=1S/C18H12F3N5OS.C2HF3O2/c19-18(20,21)10-3-1-9(2-4-10)12-7-15(25-8-24-12)27-13-5-11(22)6-14-16(13)26-17(23)28-14;3-2(4,5)1(6)7/h1-8H,22H2,(H2,23,26);(H,6,7). The number of thiazole rings is 1. The van der Waals surface area contributed by atoms with Gasteiger partial charge in [-0.2, -0.15) is 26.3 Å². The van der Waals surface area contributed by atoms with Crippen molar-refractivity contribution in [2.24, 2.45) is 0 Å². The number of rotatable bonds is 3. The molecule has 4 aromatic rings. The number of hydrogen-bond donors (Lipinski definition) is 3. The molecule has 0 bridgehead atoms. The number of carbonyl (C=O) groups is 1. The summed E-state index contributed by atoms with van der Waals surface area (Å²) in [5.74, 6) is -2.18. The Bertz CT molecular complexity index is 1360. The van der Waals surface area contributed by atoms with Crippen LogP contribution in [-0.4, -0.2) is 32.2 Å². The van der Waals surface area contributed by atoms with Crippen LogP contribution in [0.15, 0.2) is 48.8 Å². The summed E-state index contributed by atoms with van der Waals surface area (Å²) in [6.45, 7) is 0. The van der Waals surface area contributed by atoms with E-state index in [1.807, 2.05) is 0 Å². The average molecular weight is 517 g/mol. The Morgan fingerprint density at radius 2 is 1.60 bits per heavy atom. The second kappa shape index (κ2) is 9.61. The number of alkyl halides is 6. The van der Waals surface area contributed by atoms with E-state index < -0.39 is 23.9 Å². The molecule has 35 heavy (non-hydrogen) atoms. The molecule has 0 atom stereocenters. The summed E-state index contributed by atoms with van der Waals surface area (Å²) >= 11 is 1.28. The maximum absolute atomic E-state index is 12.7. The van der Waals surface area contributed by atoms with Gasteiger partial charge in [-0.15, -0.1) is 0 Å². The summed E-state index contributed by atoms with van der Waals surface area (Å²) in [6, 6.07) is 9.54. The number of carboxylic acid groups (broad SMARTS) is 1. The first-order valence-corrected chi connectivity index (χ1v) is 9.99. The molecule has 4 rings (SSSR count). The van der Waals surface area contributed by atoms with E-state index in [0.717, 1.165) is 16.8 Å². The lowest BCUT2D eigenvalue weighted by atomic mass is 10.1. The monoisotopic (exact) mass is 517 g/mol. The van der Waals surface area contributed by atoms with Crippen molar-refractivity contribution < 1.29 is 41.0 Å². The Morgan fingerprint density at radius 3 is 2.17 bits per heavy atom. The van der Waals surface area contributed by atoms with Gasteiger partial charge in [-0.05, 0) is 18.2 Å². The fraction of sp³-hybridized carbons (Fsp3) is 0.100. The highest BCUT2D eigenvalue weighted by molar-refractivity contribution is 7.22. The molecule has 0 aliphatic heterocycles. The number of nitrogens with two attached hydrogens (primary N) is 2. The molecule has 0 saturated heterocycles. The second-order valence-electron chi connectivity index (χ2n) is 6.64. The number of fused-ring (bicyclic) bond motifs is 1. The summed E-state index contributed by atoms with van der Waals surface area (Å²) in [5, 5.41) is 7.50. The van der Waals surface area contributed by atoms with Crippen molar-refractivity contribution in [1.82, 2.24) is 15.0 Å². The summed E-state index contributed by atoms with van der Waals surface area (Å²) in [5.41, 5.74) is 12.8. The summed E-state index contributed by atoms with van der Waals surface area (Å²) in [7, 11) is 0. The number of nitrogens with zero attached hydrogens (tertiary/aromatic N) is 3. The largest absolute Gasteiger partial charge is 0.490 e. The number of aromatic nitrogens is 3. The molecule has 0 spiro atoms. The molecule has 15 heteroatoms. The average Bonchev–Trinajstić information content (AvgIpc) is 3.13. The van der Waals surface area contributed by atoms with Gasteiger partial charge in [-0.1, -0.05) is 23.5 Å². The fourth-order valence-corrected chi connectivity index (χ4v) is 3.41. The number of halogens is 6. The smallest absolute Gasteiger partial charge is 0.475 e. The summed E-state index contributed by atoms with van der Waals surface area (Å²) in [6.07, 6.45) is -8.21. The third kappa shape index (κ3) is 6.47. The van der Waals surface area contributed by atoms with Gasteiger partial charge in [0.2, 0.25) is 5.88 Å². The van der Waals surface area contributed by atoms with Crippen molar-refractivity contribution in [2.45, 2.75) is 12.4 Å². The minimum atomic E-state index is -5.08. The van der Waals surface area contributed by atoms with Crippen molar-refractivity contribution in [1.29, 1.82) is 0 Å². The molecule has 2 heterocycles. The number of hydrogen-bond acceptors (Lipinski definition) is 8. The predicted molar refractivity (Wildman–Crippen MR) is 115 cm³/mol. The molecule has 2 aromatic heterocycles. The molecule has 8 nitrogen and oxygen atoms in total. The van der Waals surface area contributed by atoms with Gasteiger partial charge in [0, 0.05) is 23.4 Å². The molecule has 0 radical (unpaired) electrons. The molecule has 0 amide bonds. The molecule has 0 unspecified atom stereocenters. The zero-order valence-corrected chi connectivity index (χ0v) is 17.9. The van der Waals surface area contributed by atoms with E-state index in [9.17, 15) is 26.3 Å². The predicted octanol–water partition coefficient (Wildman–Crippen LogP) is 5.36. The normalized spacial score (nSPS) is 11.6. The van der Waals surface area contributed by atoms with Crippen LogP contribution in [0.5, 0.6) is 11.6 Å². The fourth-order valence-electron chi connectivity index (χ4n) is 2.61.